The summed E-state index contributed by atoms with van der Waals surface area (Å²) in [4.78, 5) is 13.2. The fraction of sp³-hybridized carbons (Fsp3) is 0.909. The Morgan fingerprint density at radius 3 is 2.27 bits per heavy atom. The van der Waals surface area contributed by atoms with Gasteiger partial charge in [-0.2, -0.15) is 0 Å². The highest BCUT2D eigenvalue weighted by atomic mass is 16.7. The van der Waals surface area contributed by atoms with Crippen molar-refractivity contribution in [3.63, 3.8) is 0 Å². The third-order valence-electron chi connectivity index (χ3n) is 1.61. The van der Waals surface area contributed by atoms with E-state index in [9.17, 15) is 4.79 Å². The Morgan fingerprint density at radius 1 is 1.20 bits per heavy atom. The largest absolute Gasteiger partial charge is 0.508 e. The Labute approximate surface area is 92.5 Å². The Kier molecular flexibility index (Phi) is 6.32. The molecule has 0 rings (SSSR count). The fourth-order valence-corrected chi connectivity index (χ4v) is 0.965. The first-order valence-electron chi connectivity index (χ1n) is 5.32. The van der Waals surface area contributed by atoms with Gasteiger partial charge in [-0.05, 0) is 54.3 Å². The van der Waals surface area contributed by atoms with Crippen LogP contribution in [0.3, 0.4) is 0 Å². The van der Waals surface area contributed by atoms with Gasteiger partial charge in [0.25, 0.3) is 0 Å². The van der Waals surface area contributed by atoms with Gasteiger partial charge in [0, 0.05) is 0 Å². The minimum Gasteiger partial charge on any atom is -0.434 e. The van der Waals surface area contributed by atoms with E-state index in [1.165, 1.54) is 0 Å². The van der Waals surface area contributed by atoms with Crippen LogP contribution in [-0.2, 0) is 9.47 Å². The number of ether oxygens (including phenoxy) is 2. The molecule has 0 radical (unpaired) electrons. The molecule has 0 spiro atoms. The molecule has 0 atom stereocenters. The zero-order chi connectivity index (χ0) is 11.9. The van der Waals surface area contributed by atoms with Crippen LogP contribution in [0.2, 0.25) is 0 Å². The number of rotatable bonds is 5. The van der Waals surface area contributed by atoms with Crippen molar-refractivity contribution >= 4 is 6.16 Å². The van der Waals surface area contributed by atoms with Gasteiger partial charge in [-0.1, -0.05) is 0 Å². The molecule has 0 N–H and O–H groups in total. The third-order valence-corrected chi connectivity index (χ3v) is 1.61. The van der Waals surface area contributed by atoms with E-state index in [1.54, 1.807) is 0 Å². The smallest absolute Gasteiger partial charge is 0.434 e. The summed E-state index contributed by atoms with van der Waals surface area (Å²) in [5, 5.41) is 0. The molecule has 0 aliphatic rings. The van der Waals surface area contributed by atoms with Gasteiger partial charge < -0.3 is 14.4 Å². The lowest BCUT2D eigenvalue weighted by Crippen LogP contribution is -2.24. The van der Waals surface area contributed by atoms with E-state index in [0.717, 1.165) is 19.4 Å². The first-order chi connectivity index (χ1) is 6.81. The van der Waals surface area contributed by atoms with E-state index in [2.05, 4.69) is 4.90 Å². The van der Waals surface area contributed by atoms with Crippen LogP contribution in [0.15, 0.2) is 0 Å². The Hall–Kier alpha value is -0.770. The number of carbonyl (C=O) groups excluding carboxylic acids is 1. The summed E-state index contributed by atoms with van der Waals surface area (Å²) in [5.74, 6) is 0. The summed E-state index contributed by atoms with van der Waals surface area (Å²) >= 11 is 0. The van der Waals surface area contributed by atoms with Crippen molar-refractivity contribution in [2.45, 2.75) is 39.2 Å². The van der Waals surface area contributed by atoms with Gasteiger partial charge in [0.2, 0.25) is 0 Å². The quantitative estimate of drug-likeness (QED) is 0.523. The van der Waals surface area contributed by atoms with E-state index in [0.29, 0.717) is 6.61 Å². The van der Waals surface area contributed by atoms with Crippen molar-refractivity contribution in [2.24, 2.45) is 0 Å². The average molecular weight is 217 g/mol. The maximum atomic E-state index is 11.1. The van der Waals surface area contributed by atoms with Crippen LogP contribution >= 0.6 is 0 Å². The molecule has 4 heteroatoms. The number of hydrogen-bond donors (Lipinski definition) is 0. The van der Waals surface area contributed by atoms with E-state index in [4.69, 9.17) is 9.47 Å². The van der Waals surface area contributed by atoms with Crippen molar-refractivity contribution < 1.29 is 14.3 Å². The second-order valence-electron chi connectivity index (χ2n) is 4.82. The monoisotopic (exact) mass is 217 g/mol. The highest BCUT2D eigenvalue weighted by Gasteiger charge is 2.16. The SMILES string of the molecule is CN(C)CCCCOC(=O)OC(C)(C)C. The average Bonchev–Trinajstić information content (AvgIpc) is 1.99. The molecule has 0 saturated heterocycles. The van der Waals surface area contributed by atoms with Crippen molar-refractivity contribution in [3.8, 4) is 0 Å². The number of nitrogens with zero attached hydrogens (tertiary/aromatic N) is 1. The van der Waals surface area contributed by atoms with Crippen molar-refractivity contribution in [1.82, 2.24) is 4.90 Å². The van der Waals surface area contributed by atoms with Crippen molar-refractivity contribution in [2.75, 3.05) is 27.2 Å². The Morgan fingerprint density at radius 2 is 1.80 bits per heavy atom. The Balaban J connectivity index is 3.40. The number of carbonyl (C=O) groups is 1. The molecule has 0 aromatic heterocycles. The predicted octanol–water partition coefficient (Wildman–Crippen LogP) is 2.28. The summed E-state index contributed by atoms with van der Waals surface area (Å²) in [6.45, 7) is 6.90. The van der Waals surface area contributed by atoms with Gasteiger partial charge in [0.1, 0.15) is 5.60 Å². The van der Waals surface area contributed by atoms with E-state index < -0.39 is 11.8 Å². The molecular weight excluding hydrogens is 194 g/mol. The third kappa shape index (κ3) is 11.2. The molecule has 0 aromatic carbocycles. The maximum Gasteiger partial charge on any atom is 0.508 e. The van der Waals surface area contributed by atoms with Crippen LogP contribution < -0.4 is 0 Å². The van der Waals surface area contributed by atoms with Gasteiger partial charge in [-0.25, -0.2) is 4.79 Å². The molecule has 15 heavy (non-hydrogen) atoms. The predicted molar refractivity (Wildman–Crippen MR) is 60.0 cm³/mol. The molecular formula is C11H23NO3. The summed E-state index contributed by atoms with van der Waals surface area (Å²) < 4.78 is 9.91. The van der Waals surface area contributed by atoms with Gasteiger partial charge in [-0.15, -0.1) is 0 Å². The first-order valence-corrected chi connectivity index (χ1v) is 5.32. The summed E-state index contributed by atoms with van der Waals surface area (Å²) in [6.07, 6.45) is 1.32. The number of unbranched alkanes of at least 4 members (excludes halogenated alkanes) is 1. The zero-order valence-corrected chi connectivity index (χ0v) is 10.5. The van der Waals surface area contributed by atoms with Crippen molar-refractivity contribution in [1.29, 1.82) is 0 Å². The van der Waals surface area contributed by atoms with Crippen LogP contribution in [-0.4, -0.2) is 43.9 Å². The summed E-state index contributed by atoms with van der Waals surface area (Å²) in [6, 6.07) is 0. The van der Waals surface area contributed by atoms with Crippen LogP contribution in [0.25, 0.3) is 0 Å². The topological polar surface area (TPSA) is 38.8 Å². The second kappa shape index (κ2) is 6.67. The lowest BCUT2D eigenvalue weighted by molar-refractivity contribution is -0.00776. The highest BCUT2D eigenvalue weighted by Crippen LogP contribution is 2.08. The van der Waals surface area contributed by atoms with E-state index >= 15 is 0 Å². The van der Waals surface area contributed by atoms with Crippen LogP contribution in [0.1, 0.15) is 33.6 Å². The van der Waals surface area contributed by atoms with Gasteiger partial charge >= 0.3 is 6.16 Å². The molecule has 0 heterocycles. The minimum atomic E-state index is -0.577. The van der Waals surface area contributed by atoms with Gasteiger partial charge in [-0.3, -0.25) is 0 Å². The zero-order valence-electron chi connectivity index (χ0n) is 10.5. The van der Waals surface area contributed by atoms with Crippen LogP contribution in [0.4, 0.5) is 4.79 Å². The van der Waals surface area contributed by atoms with Crippen LogP contribution in [0.5, 0.6) is 0 Å². The number of hydrogen-bond acceptors (Lipinski definition) is 4. The van der Waals surface area contributed by atoms with E-state index in [-0.39, 0.29) is 0 Å². The molecule has 0 aromatic rings. The molecule has 0 aliphatic carbocycles. The standard InChI is InChI=1S/C11H23NO3/c1-11(2,3)15-10(13)14-9-7-6-8-12(4)5/h6-9H2,1-5H3. The lowest BCUT2D eigenvalue weighted by Gasteiger charge is -2.18. The maximum absolute atomic E-state index is 11.1. The van der Waals surface area contributed by atoms with Gasteiger partial charge in [0.05, 0.1) is 6.61 Å². The molecule has 4 nitrogen and oxygen atoms in total. The van der Waals surface area contributed by atoms with Gasteiger partial charge in [0.15, 0.2) is 0 Å². The van der Waals surface area contributed by atoms with Crippen LogP contribution in [0, 0.1) is 0 Å². The highest BCUT2D eigenvalue weighted by molar-refractivity contribution is 5.60. The molecule has 0 unspecified atom stereocenters. The Bertz CT molecular complexity index is 185. The first kappa shape index (κ1) is 14.2. The normalized spacial score (nSPS) is 11.6. The van der Waals surface area contributed by atoms with Crippen molar-refractivity contribution in [3.05, 3.63) is 0 Å². The molecule has 0 amide bonds. The molecule has 0 fully saturated rings. The second-order valence-corrected chi connectivity index (χ2v) is 4.82. The lowest BCUT2D eigenvalue weighted by atomic mass is 10.2. The van der Waals surface area contributed by atoms with E-state index in [1.807, 2.05) is 34.9 Å². The molecule has 0 aliphatic heterocycles. The molecule has 0 saturated carbocycles. The summed E-state index contributed by atoms with van der Waals surface area (Å²) in [5.41, 5.74) is -0.472. The fourth-order valence-electron chi connectivity index (χ4n) is 0.965. The summed E-state index contributed by atoms with van der Waals surface area (Å²) in [7, 11) is 4.05. The minimum absolute atomic E-state index is 0.433. The molecule has 0 bridgehead atoms. The molecule has 90 valence electrons.